The minimum Gasteiger partial charge on any atom is -0.385 e. The third-order valence-corrected chi connectivity index (χ3v) is 4.55. The molecule has 1 aromatic carbocycles. The number of hydrogen-bond donors (Lipinski definition) is 2. The first-order valence-electron chi connectivity index (χ1n) is 8.97. The second kappa shape index (κ2) is 8.47. The molecule has 1 aliphatic carbocycles. The van der Waals surface area contributed by atoms with Crippen LogP contribution in [0, 0.1) is 6.92 Å². The van der Waals surface area contributed by atoms with Crippen LogP contribution < -0.4 is 10.6 Å². The van der Waals surface area contributed by atoms with E-state index in [2.05, 4.69) is 21.7 Å². The molecule has 3 rings (SSSR count). The maximum Gasteiger partial charge on any atom is 0.274 e. The Hall–Kier alpha value is -2.62. The normalized spacial score (nSPS) is 13.9. The SMILES string of the molecule is Cc1ccccc1NC(=O)c1cc(NCCC2=CCCCC2)ccn1. The minimum absolute atomic E-state index is 0.187. The first-order valence-corrected chi connectivity index (χ1v) is 8.97. The molecule has 0 bridgehead atoms. The van der Waals surface area contributed by atoms with Crippen LogP contribution in [0.25, 0.3) is 0 Å². The van der Waals surface area contributed by atoms with E-state index in [-0.39, 0.29) is 5.91 Å². The zero-order chi connectivity index (χ0) is 17.5. The van der Waals surface area contributed by atoms with Crippen molar-refractivity contribution in [3.8, 4) is 0 Å². The molecule has 0 aliphatic heterocycles. The number of pyridine rings is 1. The number of amides is 1. The molecule has 1 heterocycles. The fraction of sp³-hybridized carbons (Fsp3) is 0.333. The van der Waals surface area contributed by atoms with Gasteiger partial charge in [-0.3, -0.25) is 9.78 Å². The van der Waals surface area contributed by atoms with Crippen molar-refractivity contribution < 1.29 is 4.79 Å². The topological polar surface area (TPSA) is 54.0 Å². The molecule has 0 spiro atoms. The van der Waals surface area contributed by atoms with Crippen molar-refractivity contribution in [2.24, 2.45) is 0 Å². The molecule has 4 nitrogen and oxygen atoms in total. The highest BCUT2D eigenvalue weighted by Gasteiger charge is 2.10. The Kier molecular flexibility index (Phi) is 5.83. The number of anilines is 2. The zero-order valence-corrected chi connectivity index (χ0v) is 14.7. The summed E-state index contributed by atoms with van der Waals surface area (Å²) in [5.74, 6) is -0.187. The van der Waals surface area contributed by atoms with Crippen LogP contribution in [0.15, 0.2) is 54.2 Å². The molecule has 4 heteroatoms. The molecule has 0 saturated carbocycles. The highest BCUT2D eigenvalue weighted by Crippen LogP contribution is 2.20. The Morgan fingerprint density at radius 1 is 1.20 bits per heavy atom. The molecule has 0 atom stereocenters. The summed E-state index contributed by atoms with van der Waals surface area (Å²) in [6, 6.07) is 11.4. The minimum atomic E-state index is -0.187. The third-order valence-electron chi connectivity index (χ3n) is 4.55. The number of carbonyl (C=O) groups is 1. The van der Waals surface area contributed by atoms with Crippen molar-refractivity contribution in [2.45, 2.75) is 39.0 Å². The maximum atomic E-state index is 12.4. The summed E-state index contributed by atoms with van der Waals surface area (Å²) in [4.78, 5) is 16.6. The van der Waals surface area contributed by atoms with Gasteiger partial charge in [0.1, 0.15) is 5.69 Å². The summed E-state index contributed by atoms with van der Waals surface area (Å²) in [6.07, 6.45) is 10.2. The van der Waals surface area contributed by atoms with Gasteiger partial charge in [-0.15, -0.1) is 0 Å². The number of benzene rings is 1. The molecule has 1 aromatic heterocycles. The number of para-hydroxylation sites is 1. The molecular weight excluding hydrogens is 310 g/mol. The lowest BCUT2D eigenvalue weighted by atomic mass is 9.97. The Labute approximate surface area is 149 Å². The summed E-state index contributed by atoms with van der Waals surface area (Å²) >= 11 is 0. The van der Waals surface area contributed by atoms with Crippen molar-refractivity contribution in [1.82, 2.24) is 4.98 Å². The van der Waals surface area contributed by atoms with Crippen LogP contribution in [-0.4, -0.2) is 17.4 Å². The van der Waals surface area contributed by atoms with Gasteiger partial charge in [-0.1, -0.05) is 29.8 Å². The average molecular weight is 335 g/mol. The van der Waals surface area contributed by atoms with Gasteiger partial charge in [-0.05, 0) is 62.8 Å². The lowest BCUT2D eigenvalue weighted by molar-refractivity contribution is 0.102. The number of carbonyl (C=O) groups excluding carboxylic acids is 1. The van der Waals surface area contributed by atoms with Gasteiger partial charge >= 0.3 is 0 Å². The van der Waals surface area contributed by atoms with E-state index in [0.717, 1.165) is 29.9 Å². The van der Waals surface area contributed by atoms with Crippen LogP contribution in [0.1, 0.15) is 48.2 Å². The molecule has 0 saturated heterocycles. The van der Waals surface area contributed by atoms with Crippen LogP contribution in [-0.2, 0) is 0 Å². The predicted octanol–water partition coefficient (Wildman–Crippen LogP) is 4.94. The van der Waals surface area contributed by atoms with Gasteiger partial charge in [-0.25, -0.2) is 0 Å². The molecule has 0 fully saturated rings. The summed E-state index contributed by atoms with van der Waals surface area (Å²) in [6.45, 7) is 2.86. The standard InChI is InChI=1S/C21H25N3O/c1-16-7-5-6-10-19(16)24-21(25)20-15-18(12-14-23-20)22-13-11-17-8-3-2-4-9-17/h5-8,10,12,14-15H,2-4,9,11,13H2,1H3,(H,22,23)(H,24,25). The number of hydrogen-bond acceptors (Lipinski definition) is 3. The second-order valence-corrected chi connectivity index (χ2v) is 6.48. The molecule has 2 N–H and O–H groups in total. The Morgan fingerprint density at radius 3 is 2.88 bits per heavy atom. The summed E-state index contributed by atoms with van der Waals surface area (Å²) < 4.78 is 0. The van der Waals surface area contributed by atoms with E-state index in [9.17, 15) is 4.79 Å². The van der Waals surface area contributed by atoms with E-state index in [1.165, 1.54) is 25.7 Å². The lowest BCUT2D eigenvalue weighted by Crippen LogP contribution is -2.15. The van der Waals surface area contributed by atoms with E-state index >= 15 is 0 Å². The molecule has 0 unspecified atom stereocenters. The Morgan fingerprint density at radius 2 is 2.08 bits per heavy atom. The van der Waals surface area contributed by atoms with Gasteiger partial charge in [0.05, 0.1) is 0 Å². The van der Waals surface area contributed by atoms with Gasteiger partial charge in [0, 0.05) is 24.1 Å². The number of aryl methyl sites for hydroxylation is 1. The van der Waals surface area contributed by atoms with Gasteiger partial charge in [0.25, 0.3) is 5.91 Å². The Bertz CT molecular complexity index is 767. The van der Waals surface area contributed by atoms with E-state index in [1.54, 1.807) is 11.8 Å². The predicted molar refractivity (Wildman–Crippen MR) is 103 cm³/mol. The number of aromatic nitrogens is 1. The molecule has 1 amide bonds. The van der Waals surface area contributed by atoms with Gasteiger partial charge in [0.15, 0.2) is 0 Å². The van der Waals surface area contributed by atoms with Crippen molar-refractivity contribution in [3.63, 3.8) is 0 Å². The van der Waals surface area contributed by atoms with Crippen LogP contribution in [0.4, 0.5) is 11.4 Å². The first kappa shape index (κ1) is 17.2. The highest BCUT2D eigenvalue weighted by molar-refractivity contribution is 6.03. The molecule has 2 aromatic rings. The van der Waals surface area contributed by atoms with Gasteiger partial charge < -0.3 is 10.6 Å². The molecule has 130 valence electrons. The van der Waals surface area contributed by atoms with Gasteiger partial charge in [0.2, 0.25) is 0 Å². The average Bonchev–Trinajstić information content (AvgIpc) is 2.65. The van der Waals surface area contributed by atoms with E-state index in [0.29, 0.717) is 5.69 Å². The Balaban J connectivity index is 1.58. The number of rotatable bonds is 6. The molecule has 1 aliphatic rings. The smallest absolute Gasteiger partial charge is 0.274 e. The summed E-state index contributed by atoms with van der Waals surface area (Å²) in [5.41, 5.74) is 4.75. The summed E-state index contributed by atoms with van der Waals surface area (Å²) in [7, 11) is 0. The molecule has 25 heavy (non-hydrogen) atoms. The van der Waals surface area contributed by atoms with E-state index in [1.807, 2.05) is 43.3 Å². The zero-order valence-electron chi connectivity index (χ0n) is 14.7. The highest BCUT2D eigenvalue weighted by atomic mass is 16.1. The fourth-order valence-corrected chi connectivity index (χ4v) is 3.06. The summed E-state index contributed by atoms with van der Waals surface area (Å²) in [5, 5.41) is 6.32. The number of nitrogens with zero attached hydrogens (tertiary/aromatic N) is 1. The number of nitrogens with one attached hydrogen (secondary N) is 2. The van der Waals surface area contributed by atoms with Crippen LogP contribution in [0.5, 0.6) is 0 Å². The van der Waals surface area contributed by atoms with Crippen molar-refractivity contribution in [2.75, 3.05) is 17.2 Å². The van der Waals surface area contributed by atoms with Crippen LogP contribution >= 0.6 is 0 Å². The van der Waals surface area contributed by atoms with Crippen molar-refractivity contribution >= 4 is 17.3 Å². The number of allylic oxidation sites excluding steroid dienone is 1. The second-order valence-electron chi connectivity index (χ2n) is 6.48. The van der Waals surface area contributed by atoms with Crippen LogP contribution in [0.2, 0.25) is 0 Å². The fourth-order valence-electron chi connectivity index (χ4n) is 3.06. The quantitative estimate of drug-likeness (QED) is 0.735. The third kappa shape index (κ3) is 4.92. The molecular formula is C21H25N3O. The van der Waals surface area contributed by atoms with Gasteiger partial charge in [-0.2, -0.15) is 0 Å². The van der Waals surface area contributed by atoms with Crippen molar-refractivity contribution in [3.05, 3.63) is 65.5 Å². The van der Waals surface area contributed by atoms with Crippen LogP contribution in [0.3, 0.4) is 0 Å². The maximum absolute atomic E-state index is 12.4. The molecule has 0 radical (unpaired) electrons. The van der Waals surface area contributed by atoms with E-state index in [4.69, 9.17) is 0 Å². The monoisotopic (exact) mass is 335 g/mol. The lowest BCUT2D eigenvalue weighted by Gasteiger charge is -2.14. The van der Waals surface area contributed by atoms with Crippen molar-refractivity contribution in [1.29, 1.82) is 0 Å². The first-order chi connectivity index (χ1) is 12.2. The largest absolute Gasteiger partial charge is 0.385 e. The van der Waals surface area contributed by atoms with E-state index < -0.39 is 0 Å².